The van der Waals surface area contributed by atoms with Crippen molar-refractivity contribution >= 4 is 5.97 Å². The van der Waals surface area contributed by atoms with E-state index >= 15 is 0 Å². The number of carboxylic acid groups (broad SMARTS) is 1. The molecule has 0 aliphatic heterocycles. The number of rotatable bonds is 15. The Hall–Kier alpha value is -1.57. The molecule has 136 valence electrons. The van der Waals surface area contributed by atoms with Gasteiger partial charge in [-0.3, -0.25) is 0 Å². The maximum Gasteiger partial charge on any atom is 0.331 e. The normalized spacial score (nSPS) is 12.8. The molecule has 0 spiro atoms. The largest absolute Gasteiger partial charge is 0.478 e. The van der Waals surface area contributed by atoms with Crippen molar-refractivity contribution in [3.63, 3.8) is 0 Å². The first-order valence-corrected chi connectivity index (χ1v) is 9.64. The van der Waals surface area contributed by atoms with Gasteiger partial charge >= 0.3 is 5.97 Å². The fraction of sp³-hybridized carbons (Fsp3) is 0.591. The Bertz CT molecular complexity index is 414. The quantitative estimate of drug-likeness (QED) is 0.199. The summed E-state index contributed by atoms with van der Waals surface area (Å²) in [6.45, 7) is 4.11. The first kappa shape index (κ1) is 22.4. The Morgan fingerprint density at radius 1 is 0.750 bits per heavy atom. The molecule has 0 aromatic heterocycles. The number of allylic oxidation sites excluding steroid dienone is 7. The van der Waals surface area contributed by atoms with E-state index in [2.05, 4.69) is 19.1 Å². The van der Waals surface area contributed by atoms with Crippen LogP contribution in [0.5, 0.6) is 0 Å². The monoisotopic (exact) mass is 332 g/mol. The Morgan fingerprint density at radius 3 is 1.88 bits per heavy atom. The van der Waals surface area contributed by atoms with E-state index in [1.807, 2.05) is 25.2 Å². The van der Waals surface area contributed by atoms with Crippen molar-refractivity contribution in [1.29, 1.82) is 0 Å². The van der Waals surface area contributed by atoms with Crippen LogP contribution in [-0.4, -0.2) is 11.1 Å². The van der Waals surface area contributed by atoms with Crippen molar-refractivity contribution in [3.8, 4) is 0 Å². The molecule has 0 aromatic rings. The smallest absolute Gasteiger partial charge is 0.331 e. The van der Waals surface area contributed by atoms with Crippen molar-refractivity contribution < 1.29 is 9.90 Å². The Labute approximate surface area is 149 Å². The van der Waals surface area contributed by atoms with Crippen LogP contribution < -0.4 is 0 Å². The van der Waals surface area contributed by atoms with Gasteiger partial charge < -0.3 is 5.11 Å². The average molecular weight is 333 g/mol. The van der Waals surface area contributed by atoms with Crippen LogP contribution in [0, 0.1) is 0 Å². The van der Waals surface area contributed by atoms with Gasteiger partial charge in [0.1, 0.15) is 0 Å². The second-order valence-electron chi connectivity index (χ2n) is 6.17. The number of hydrogen-bond acceptors (Lipinski definition) is 1. The number of carbonyl (C=O) groups is 1. The molecule has 0 heterocycles. The summed E-state index contributed by atoms with van der Waals surface area (Å²) in [6.07, 6.45) is 27.5. The van der Waals surface area contributed by atoms with Crippen LogP contribution in [0.25, 0.3) is 0 Å². The third kappa shape index (κ3) is 15.3. The standard InChI is InChI=1S/C22H36O2/c1-3-5-6-7-8-9-10-11-12-13-14-15-16-17-18-19-20-21(4-2)22(23)24/h14-20H,3-13H2,1-2H3,(H,23,24)/b15-14+,17-16+,19-18+,21-20+. The lowest BCUT2D eigenvalue weighted by Crippen LogP contribution is -1.97. The number of aliphatic carboxylic acids is 1. The number of unbranched alkanes of at least 4 members (excludes halogenated alkanes) is 9. The minimum absolute atomic E-state index is 0.431. The average Bonchev–Trinajstić information content (AvgIpc) is 2.57. The SMILES string of the molecule is CCCCCCCCCCC/C=C/C=C/C=C/C=C(\CC)C(=O)O. The second kappa shape index (κ2) is 17.8. The van der Waals surface area contributed by atoms with Gasteiger partial charge in [-0.15, -0.1) is 0 Å². The summed E-state index contributed by atoms with van der Waals surface area (Å²) in [6, 6.07) is 0. The second-order valence-corrected chi connectivity index (χ2v) is 6.17. The fourth-order valence-electron chi connectivity index (χ4n) is 2.45. The highest BCUT2D eigenvalue weighted by atomic mass is 16.4. The van der Waals surface area contributed by atoms with Crippen LogP contribution in [0.1, 0.15) is 84.5 Å². The highest BCUT2D eigenvalue weighted by Gasteiger charge is 2.00. The highest BCUT2D eigenvalue weighted by Crippen LogP contribution is 2.10. The lowest BCUT2D eigenvalue weighted by molar-refractivity contribution is -0.132. The summed E-state index contributed by atoms with van der Waals surface area (Å²) in [7, 11) is 0. The molecule has 0 amide bonds. The molecule has 0 rings (SSSR count). The van der Waals surface area contributed by atoms with Gasteiger partial charge in [-0.25, -0.2) is 4.79 Å². The molecule has 2 heteroatoms. The van der Waals surface area contributed by atoms with Crippen LogP contribution in [0.15, 0.2) is 48.1 Å². The van der Waals surface area contributed by atoms with Crippen molar-refractivity contribution in [2.24, 2.45) is 0 Å². The van der Waals surface area contributed by atoms with Crippen molar-refractivity contribution in [3.05, 3.63) is 48.1 Å². The van der Waals surface area contributed by atoms with E-state index in [9.17, 15) is 4.79 Å². The summed E-state index contributed by atoms with van der Waals surface area (Å²) >= 11 is 0. The van der Waals surface area contributed by atoms with E-state index in [0.717, 1.165) is 6.42 Å². The predicted octanol–water partition coefficient (Wildman–Crippen LogP) is 7.00. The maximum atomic E-state index is 10.8. The molecular weight excluding hydrogens is 296 g/mol. The van der Waals surface area contributed by atoms with Gasteiger partial charge in [0.2, 0.25) is 0 Å². The van der Waals surface area contributed by atoms with Crippen LogP contribution in [-0.2, 0) is 4.79 Å². The van der Waals surface area contributed by atoms with Crippen LogP contribution in [0.4, 0.5) is 0 Å². The minimum atomic E-state index is -0.841. The lowest BCUT2D eigenvalue weighted by Gasteiger charge is -2.00. The Kier molecular flexibility index (Phi) is 16.6. The van der Waals surface area contributed by atoms with E-state index in [0.29, 0.717) is 12.0 Å². The topological polar surface area (TPSA) is 37.3 Å². The molecule has 0 radical (unpaired) electrons. The van der Waals surface area contributed by atoms with E-state index in [-0.39, 0.29) is 0 Å². The Morgan fingerprint density at radius 2 is 1.29 bits per heavy atom. The van der Waals surface area contributed by atoms with Gasteiger partial charge in [0.25, 0.3) is 0 Å². The van der Waals surface area contributed by atoms with Gasteiger partial charge in [-0.05, 0) is 19.3 Å². The van der Waals surface area contributed by atoms with E-state index < -0.39 is 5.97 Å². The van der Waals surface area contributed by atoms with Crippen molar-refractivity contribution in [2.45, 2.75) is 84.5 Å². The number of hydrogen-bond donors (Lipinski definition) is 1. The van der Waals surface area contributed by atoms with Gasteiger partial charge in [-0.2, -0.15) is 0 Å². The summed E-state index contributed by atoms with van der Waals surface area (Å²) in [5.41, 5.74) is 0.431. The molecule has 0 bridgehead atoms. The summed E-state index contributed by atoms with van der Waals surface area (Å²) < 4.78 is 0. The molecule has 0 unspecified atom stereocenters. The molecule has 0 saturated heterocycles. The van der Waals surface area contributed by atoms with E-state index in [1.54, 1.807) is 12.2 Å². The van der Waals surface area contributed by atoms with Gasteiger partial charge in [0.05, 0.1) is 0 Å². The molecule has 2 nitrogen and oxygen atoms in total. The van der Waals surface area contributed by atoms with Crippen molar-refractivity contribution in [1.82, 2.24) is 0 Å². The Balaban J connectivity index is 3.57. The highest BCUT2D eigenvalue weighted by molar-refractivity contribution is 5.86. The molecule has 0 aromatic carbocycles. The summed E-state index contributed by atoms with van der Waals surface area (Å²) in [5.74, 6) is -0.841. The predicted molar refractivity (Wildman–Crippen MR) is 105 cm³/mol. The molecule has 0 saturated carbocycles. The number of carboxylic acids is 1. The molecule has 0 aliphatic rings. The lowest BCUT2D eigenvalue weighted by atomic mass is 10.1. The third-order valence-corrected chi connectivity index (χ3v) is 4.01. The van der Waals surface area contributed by atoms with Crippen molar-refractivity contribution in [2.75, 3.05) is 0 Å². The van der Waals surface area contributed by atoms with E-state index in [4.69, 9.17) is 5.11 Å². The molecule has 0 aliphatic carbocycles. The molecular formula is C22H36O2. The maximum absolute atomic E-state index is 10.8. The van der Waals surface area contributed by atoms with Gasteiger partial charge in [0, 0.05) is 5.57 Å². The zero-order chi connectivity index (χ0) is 17.9. The minimum Gasteiger partial charge on any atom is -0.478 e. The zero-order valence-corrected chi connectivity index (χ0v) is 15.7. The summed E-state index contributed by atoms with van der Waals surface area (Å²) in [4.78, 5) is 10.8. The first-order valence-electron chi connectivity index (χ1n) is 9.64. The van der Waals surface area contributed by atoms with Crippen LogP contribution in [0.3, 0.4) is 0 Å². The van der Waals surface area contributed by atoms with Crippen LogP contribution >= 0.6 is 0 Å². The third-order valence-electron chi connectivity index (χ3n) is 4.01. The van der Waals surface area contributed by atoms with Gasteiger partial charge in [0.15, 0.2) is 0 Å². The summed E-state index contributed by atoms with van der Waals surface area (Å²) in [5, 5.41) is 8.87. The van der Waals surface area contributed by atoms with Gasteiger partial charge in [-0.1, -0.05) is 108 Å². The molecule has 0 atom stereocenters. The molecule has 0 fully saturated rings. The first-order chi connectivity index (χ1) is 11.7. The zero-order valence-electron chi connectivity index (χ0n) is 15.7. The molecule has 24 heavy (non-hydrogen) atoms. The fourth-order valence-corrected chi connectivity index (χ4v) is 2.45. The molecule has 1 N–H and O–H groups in total. The van der Waals surface area contributed by atoms with E-state index in [1.165, 1.54) is 57.8 Å². The van der Waals surface area contributed by atoms with Crippen LogP contribution in [0.2, 0.25) is 0 Å².